The number of ether oxygens (including phenoxy) is 1. The fourth-order valence-electron chi connectivity index (χ4n) is 1.55. The second-order valence-electron chi connectivity index (χ2n) is 4.58. The van der Waals surface area contributed by atoms with Crippen LogP contribution in [0.2, 0.25) is 0 Å². The van der Waals surface area contributed by atoms with E-state index in [9.17, 15) is 0 Å². The SMILES string of the molecule is Cc1ncccc1OCc1noc(CC(C)C)n1. The van der Waals surface area contributed by atoms with E-state index in [2.05, 4.69) is 29.0 Å². The van der Waals surface area contributed by atoms with Crippen LogP contribution >= 0.6 is 0 Å². The molecule has 5 heteroatoms. The lowest BCUT2D eigenvalue weighted by molar-refractivity contribution is 0.281. The second kappa shape index (κ2) is 5.62. The quantitative estimate of drug-likeness (QED) is 0.812. The molecule has 0 fully saturated rings. The summed E-state index contributed by atoms with van der Waals surface area (Å²) in [7, 11) is 0. The van der Waals surface area contributed by atoms with Gasteiger partial charge in [-0.1, -0.05) is 19.0 Å². The van der Waals surface area contributed by atoms with Crippen LogP contribution in [-0.2, 0) is 13.0 Å². The highest BCUT2D eigenvalue weighted by molar-refractivity contribution is 5.25. The van der Waals surface area contributed by atoms with Gasteiger partial charge in [0.25, 0.3) is 0 Å². The molecule has 96 valence electrons. The van der Waals surface area contributed by atoms with E-state index in [1.54, 1.807) is 6.20 Å². The Kier molecular flexibility index (Phi) is 3.92. The average molecular weight is 247 g/mol. The largest absolute Gasteiger partial charge is 0.484 e. The molecule has 0 saturated heterocycles. The van der Waals surface area contributed by atoms with Gasteiger partial charge in [-0.3, -0.25) is 4.98 Å². The van der Waals surface area contributed by atoms with Gasteiger partial charge < -0.3 is 9.26 Å². The van der Waals surface area contributed by atoms with Crippen molar-refractivity contribution < 1.29 is 9.26 Å². The maximum Gasteiger partial charge on any atom is 0.227 e. The van der Waals surface area contributed by atoms with E-state index in [-0.39, 0.29) is 0 Å². The van der Waals surface area contributed by atoms with Crippen LogP contribution in [0.4, 0.5) is 0 Å². The first-order valence-corrected chi connectivity index (χ1v) is 6.01. The van der Waals surface area contributed by atoms with Crippen molar-refractivity contribution in [1.29, 1.82) is 0 Å². The fraction of sp³-hybridized carbons (Fsp3) is 0.462. The summed E-state index contributed by atoms with van der Waals surface area (Å²) in [5, 5.41) is 3.88. The molecular weight excluding hydrogens is 230 g/mol. The number of hydrogen-bond acceptors (Lipinski definition) is 5. The van der Waals surface area contributed by atoms with Crippen LogP contribution < -0.4 is 4.74 Å². The van der Waals surface area contributed by atoms with Gasteiger partial charge in [-0.25, -0.2) is 0 Å². The molecule has 2 heterocycles. The molecule has 0 bridgehead atoms. The van der Waals surface area contributed by atoms with Crippen LogP contribution in [-0.4, -0.2) is 15.1 Å². The van der Waals surface area contributed by atoms with E-state index in [0.29, 0.717) is 24.2 Å². The van der Waals surface area contributed by atoms with Crippen LogP contribution in [0.15, 0.2) is 22.9 Å². The summed E-state index contributed by atoms with van der Waals surface area (Å²) in [6.07, 6.45) is 2.52. The average Bonchev–Trinajstić information content (AvgIpc) is 2.75. The van der Waals surface area contributed by atoms with Crippen molar-refractivity contribution in [3.63, 3.8) is 0 Å². The maximum absolute atomic E-state index is 5.59. The molecule has 0 saturated carbocycles. The molecule has 2 rings (SSSR count). The fourth-order valence-corrected chi connectivity index (χ4v) is 1.55. The molecule has 18 heavy (non-hydrogen) atoms. The molecule has 5 nitrogen and oxygen atoms in total. The summed E-state index contributed by atoms with van der Waals surface area (Å²) in [5.41, 5.74) is 0.850. The zero-order valence-electron chi connectivity index (χ0n) is 10.9. The van der Waals surface area contributed by atoms with Gasteiger partial charge in [0.05, 0.1) is 5.69 Å². The van der Waals surface area contributed by atoms with Gasteiger partial charge in [-0.15, -0.1) is 0 Å². The van der Waals surface area contributed by atoms with E-state index >= 15 is 0 Å². The number of aromatic nitrogens is 3. The van der Waals surface area contributed by atoms with Crippen molar-refractivity contribution in [3.8, 4) is 5.75 Å². The van der Waals surface area contributed by atoms with Crippen molar-refractivity contribution in [2.75, 3.05) is 0 Å². The Labute approximate surface area is 106 Å². The van der Waals surface area contributed by atoms with Crippen molar-refractivity contribution in [2.45, 2.75) is 33.8 Å². The highest BCUT2D eigenvalue weighted by Gasteiger charge is 2.09. The summed E-state index contributed by atoms with van der Waals surface area (Å²) >= 11 is 0. The van der Waals surface area contributed by atoms with Crippen molar-refractivity contribution >= 4 is 0 Å². The minimum Gasteiger partial charge on any atom is -0.484 e. The zero-order valence-corrected chi connectivity index (χ0v) is 10.9. The predicted octanol–water partition coefficient (Wildman–Crippen LogP) is 2.55. The summed E-state index contributed by atoms with van der Waals surface area (Å²) in [4.78, 5) is 8.42. The Balaban J connectivity index is 1.94. The predicted molar refractivity (Wildman–Crippen MR) is 66.1 cm³/mol. The topological polar surface area (TPSA) is 61.0 Å². The Morgan fingerprint density at radius 2 is 2.22 bits per heavy atom. The van der Waals surface area contributed by atoms with Gasteiger partial charge >= 0.3 is 0 Å². The van der Waals surface area contributed by atoms with E-state index in [1.807, 2.05) is 19.1 Å². The molecule has 0 aliphatic rings. The van der Waals surface area contributed by atoms with Crippen LogP contribution in [0.1, 0.15) is 31.3 Å². The number of aryl methyl sites for hydroxylation is 1. The highest BCUT2D eigenvalue weighted by atomic mass is 16.5. The second-order valence-corrected chi connectivity index (χ2v) is 4.58. The van der Waals surface area contributed by atoms with Crippen molar-refractivity contribution in [1.82, 2.24) is 15.1 Å². The molecule has 0 aliphatic carbocycles. The number of hydrogen-bond donors (Lipinski definition) is 0. The van der Waals surface area contributed by atoms with Crippen LogP contribution in [0, 0.1) is 12.8 Å². The van der Waals surface area contributed by atoms with Gasteiger partial charge in [-0.05, 0) is 25.0 Å². The number of pyridine rings is 1. The molecule has 0 aliphatic heterocycles. The summed E-state index contributed by atoms with van der Waals surface area (Å²) in [6, 6.07) is 3.71. The van der Waals surface area contributed by atoms with Crippen molar-refractivity contribution in [3.05, 3.63) is 35.7 Å². The monoisotopic (exact) mass is 247 g/mol. The highest BCUT2D eigenvalue weighted by Crippen LogP contribution is 2.15. The molecule has 2 aromatic heterocycles. The van der Waals surface area contributed by atoms with Crippen LogP contribution in [0.5, 0.6) is 5.75 Å². The molecular formula is C13H17N3O2. The van der Waals surface area contributed by atoms with E-state index < -0.39 is 0 Å². The van der Waals surface area contributed by atoms with Gasteiger partial charge in [-0.2, -0.15) is 4.98 Å². The number of nitrogens with zero attached hydrogens (tertiary/aromatic N) is 3. The molecule has 0 amide bonds. The molecule has 2 aromatic rings. The Hall–Kier alpha value is -1.91. The Morgan fingerprint density at radius 3 is 2.94 bits per heavy atom. The van der Waals surface area contributed by atoms with Gasteiger partial charge in [0, 0.05) is 12.6 Å². The van der Waals surface area contributed by atoms with E-state index in [4.69, 9.17) is 9.26 Å². The standard InChI is InChI=1S/C13H17N3O2/c1-9(2)7-13-15-12(16-18-13)8-17-11-5-4-6-14-10(11)3/h4-6,9H,7-8H2,1-3H3. The summed E-state index contributed by atoms with van der Waals surface area (Å²) in [6.45, 7) is 6.42. The third-order valence-corrected chi connectivity index (χ3v) is 2.41. The molecule has 0 unspecified atom stereocenters. The molecule has 0 radical (unpaired) electrons. The minimum absolute atomic E-state index is 0.300. The lowest BCUT2D eigenvalue weighted by Gasteiger charge is -2.04. The van der Waals surface area contributed by atoms with Gasteiger partial charge in [0.1, 0.15) is 5.75 Å². The van der Waals surface area contributed by atoms with Gasteiger partial charge in [0.2, 0.25) is 11.7 Å². The first-order chi connectivity index (χ1) is 8.65. The smallest absolute Gasteiger partial charge is 0.227 e. The Bertz CT molecular complexity index is 508. The summed E-state index contributed by atoms with van der Waals surface area (Å²) < 4.78 is 10.7. The first-order valence-electron chi connectivity index (χ1n) is 6.01. The third kappa shape index (κ3) is 3.29. The molecule has 0 aromatic carbocycles. The van der Waals surface area contributed by atoms with Crippen LogP contribution in [0.3, 0.4) is 0 Å². The lowest BCUT2D eigenvalue weighted by atomic mass is 10.1. The van der Waals surface area contributed by atoms with Crippen molar-refractivity contribution in [2.24, 2.45) is 5.92 Å². The molecule has 0 N–H and O–H groups in total. The van der Waals surface area contributed by atoms with Crippen LogP contribution in [0.25, 0.3) is 0 Å². The maximum atomic E-state index is 5.59. The van der Waals surface area contributed by atoms with E-state index in [1.165, 1.54) is 0 Å². The third-order valence-electron chi connectivity index (χ3n) is 2.41. The van der Waals surface area contributed by atoms with E-state index in [0.717, 1.165) is 17.9 Å². The lowest BCUT2D eigenvalue weighted by Crippen LogP contribution is -2.00. The number of rotatable bonds is 5. The minimum atomic E-state index is 0.300. The first kappa shape index (κ1) is 12.5. The summed E-state index contributed by atoms with van der Waals surface area (Å²) in [5.74, 6) is 2.47. The Morgan fingerprint density at radius 1 is 1.39 bits per heavy atom. The molecule has 0 spiro atoms. The molecule has 0 atom stereocenters. The zero-order chi connectivity index (χ0) is 13.0. The van der Waals surface area contributed by atoms with Gasteiger partial charge in [0.15, 0.2) is 6.61 Å². The normalized spacial score (nSPS) is 10.9.